The van der Waals surface area contributed by atoms with Gasteiger partial charge >= 0.3 is 0 Å². The van der Waals surface area contributed by atoms with Crippen molar-refractivity contribution in [1.82, 2.24) is 0 Å². The highest BCUT2D eigenvalue weighted by Gasteiger charge is 1.94. The van der Waals surface area contributed by atoms with Crippen molar-refractivity contribution in [3.05, 3.63) is 23.7 Å². The highest BCUT2D eigenvalue weighted by molar-refractivity contribution is 14.1. The summed E-state index contributed by atoms with van der Waals surface area (Å²) in [6.45, 7) is 0. The van der Waals surface area contributed by atoms with Gasteiger partial charge in [0.2, 0.25) is 0 Å². The van der Waals surface area contributed by atoms with Crippen molar-refractivity contribution in [2.24, 2.45) is 0 Å². The van der Waals surface area contributed by atoms with Crippen LogP contribution in [0.25, 0.3) is 0 Å². The lowest BCUT2D eigenvalue weighted by atomic mass is 10.4. The van der Waals surface area contributed by atoms with Crippen LogP contribution in [0.2, 0.25) is 0 Å². The molecule has 2 heteroatoms. The molecule has 0 amide bonds. The van der Waals surface area contributed by atoms with Gasteiger partial charge in [0, 0.05) is 0 Å². The van der Waals surface area contributed by atoms with Crippen molar-refractivity contribution >= 4 is 22.6 Å². The van der Waals surface area contributed by atoms with E-state index >= 15 is 0 Å². The summed E-state index contributed by atoms with van der Waals surface area (Å²) in [5.41, 5.74) is 0. The van der Waals surface area contributed by atoms with E-state index in [2.05, 4.69) is 28.5 Å². The molecular weight excluding hydrogens is 227 g/mol. The summed E-state index contributed by atoms with van der Waals surface area (Å²) < 4.78 is 6.01. The van der Waals surface area contributed by atoms with Crippen LogP contribution in [0.15, 0.2) is 16.5 Å². The van der Waals surface area contributed by atoms with E-state index < -0.39 is 0 Å². The predicted molar refractivity (Wildman–Crippen MR) is 44.4 cm³/mol. The first-order valence-corrected chi connectivity index (χ1v) is 4.00. The Morgan fingerprint density at radius 3 is 2.78 bits per heavy atom. The molecule has 0 radical (unpaired) electrons. The Morgan fingerprint density at radius 1 is 1.67 bits per heavy atom. The Bertz CT molecular complexity index is 231. The van der Waals surface area contributed by atoms with E-state index in [0.29, 0.717) is 5.76 Å². The molecule has 0 aromatic carbocycles. The van der Waals surface area contributed by atoms with Crippen LogP contribution >= 0.6 is 22.6 Å². The topological polar surface area (TPSA) is 13.1 Å². The van der Waals surface area contributed by atoms with Gasteiger partial charge < -0.3 is 4.42 Å². The van der Waals surface area contributed by atoms with E-state index in [9.17, 15) is 0 Å². The molecule has 0 unspecified atom stereocenters. The summed E-state index contributed by atoms with van der Waals surface area (Å²) >= 11 is 2.22. The van der Waals surface area contributed by atoms with Gasteiger partial charge in [-0.25, -0.2) is 0 Å². The number of hydrogen-bond acceptors (Lipinski definition) is 1. The van der Waals surface area contributed by atoms with E-state index in [1.165, 1.54) is 0 Å². The minimum absolute atomic E-state index is 0.613. The molecule has 0 saturated heterocycles. The Labute approximate surface area is 67.6 Å². The van der Waals surface area contributed by atoms with Crippen molar-refractivity contribution in [2.45, 2.75) is 4.43 Å². The van der Waals surface area contributed by atoms with Crippen molar-refractivity contribution in [2.75, 3.05) is 0 Å². The van der Waals surface area contributed by atoms with Crippen molar-refractivity contribution in [3.8, 4) is 12.3 Å². The van der Waals surface area contributed by atoms with Crippen LogP contribution < -0.4 is 0 Å². The van der Waals surface area contributed by atoms with Crippen LogP contribution in [0.3, 0.4) is 0 Å². The van der Waals surface area contributed by atoms with Crippen LogP contribution in [0.5, 0.6) is 0 Å². The summed E-state index contributed by atoms with van der Waals surface area (Å²) in [7, 11) is 0. The van der Waals surface area contributed by atoms with Crippen LogP contribution in [0, 0.1) is 12.3 Å². The lowest BCUT2D eigenvalue weighted by molar-refractivity contribution is 0.521. The van der Waals surface area contributed by atoms with Crippen molar-refractivity contribution in [1.29, 1.82) is 0 Å². The zero-order valence-corrected chi connectivity index (χ0v) is 6.88. The number of terminal acetylenes is 1. The quantitative estimate of drug-likeness (QED) is 0.411. The maximum absolute atomic E-state index is 5.14. The van der Waals surface area contributed by atoms with E-state index in [1.807, 2.05) is 6.07 Å². The molecule has 1 nitrogen and oxygen atoms in total. The third-order valence-corrected chi connectivity index (χ3v) is 1.69. The van der Waals surface area contributed by atoms with E-state index in [4.69, 9.17) is 10.8 Å². The van der Waals surface area contributed by atoms with Gasteiger partial charge in [-0.15, -0.1) is 6.42 Å². The van der Waals surface area contributed by atoms with E-state index in [-0.39, 0.29) is 0 Å². The Hall–Kier alpha value is -0.430. The number of hydrogen-bond donors (Lipinski definition) is 0. The first-order chi connectivity index (χ1) is 4.36. The van der Waals surface area contributed by atoms with Gasteiger partial charge in [-0.2, -0.15) is 0 Å². The number of alkyl halides is 1. The number of rotatable bonds is 1. The van der Waals surface area contributed by atoms with E-state index in [0.717, 1.165) is 10.2 Å². The normalized spacial score (nSPS) is 8.89. The fraction of sp³-hybridized carbons (Fsp3) is 0.143. The largest absolute Gasteiger partial charge is 0.452 e. The lowest BCUT2D eigenvalue weighted by Crippen LogP contribution is -1.64. The fourth-order valence-corrected chi connectivity index (χ4v) is 0.937. The molecule has 0 aliphatic carbocycles. The molecule has 1 rings (SSSR count). The lowest BCUT2D eigenvalue weighted by Gasteiger charge is -1.81. The molecule has 9 heavy (non-hydrogen) atoms. The minimum atomic E-state index is 0.613. The molecule has 0 N–H and O–H groups in total. The molecule has 46 valence electrons. The SMILES string of the molecule is C#Cc1ccc(CI)o1. The zero-order valence-electron chi connectivity index (χ0n) is 4.73. The monoisotopic (exact) mass is 232 g/mol. The summed E-state index contributed by atoms with van der Waals surface area (Å²) in [6.07, 6.45) is 5.07. The molecule has 1 heterocycles. The maximum atomic E-state index is 5.14. The summed E-state index contributed by atoms with van der Waals surface area (Å²) in [6, 6.07) is 3.69. The molecule has 1 aromatic heterocycles. The molecule has 0 fully saturated rings. The molecule has 0 bridgehead atoms. The number of halogens is 1. The standard InChI is InChI=1S/C7H5IO/c1-2-6-3-4-7(5-8)9-6/h1,3-4H,5H2. The second-order valence-electron chi connectivity index (χ2n) is 1.54. The fourth-order valence-electron chi connectivity index (χ4n) is 0.527. The van der Waals surface area contributed by atoms with Crippen molar-refractivity contribution < 1.29 is 4.42 Å². The van der Waals surface area contributed by atoms with Gasteiger partial charge in [0.25, 0.3) is 0 Å². The van der Waals surface area contributed by atoms with Gasteiger partial charge in [0.1, 0.15) is 5.76 Å². The average Bonchev–Trinajstić information content (AvgIpc) is 2.34. The predicted octanol–water partition coefficient (Wildman–Crippen LogP) is 2.20. The first-order valence-electron chi connectivity index (χ1n) is 2.48. The van der Waals surface area contributed by atoms with Gasteiger partial charge in [-0.1, -0.05) is 22.6 Å². The average molecular weight is 232 g/mol. The summed E-state index contributed by atoms with van der Waals surface area (Å²) in [4.78, 5) is 0. The third kappa shape index (κ3) is 1.49. The van der Waals surface area contributed by atoms with Gasteiger partial charge in [0.15, 0.2) is 5.76 Å². The van der Waals surface area contributed by atoms with Gasteiger partial charge in [0.05, 0.1) is 4.43 Å². The second-order valence-corrected chi connectivity index (χ2v) is 2.31. The second kappa shape index (κ2) is 2.92. The summed E-state index contributed by atoms with van der Waals surface area (Å²) in [5, 5.41) is 0. The van der Waals surface area contributed by atoms with Gasteiger partial charge in [-0.3, -0.25) is 0 Å². The van der Waals surface area contributed by atoms with Crippen LogP contribution in [0.1, 0.15) is 11.5 Å². The number of furan rings is 1. The molecule has 0 aliphatic heterocycles. The van der Waals surface area contributed by atoms with Crippen LogP contribution in [-0.2, 0) is 4.43 Å². The highest BCUT2D eigenvalue weighted by atomic mass is 127. The third-order valence-electron chi connectivity index (χ3n) is 0.936. The molecule has 0 saturated carbocycles. The molecule has 0 aliphatic rings. The maximum Gasteiger partial charge on any atom is 0.176 e. The summed E-state index contributed by atoms with van der Waals surface area (Å²) in [5.74, 6) is 3.96. The molecule has 0 atom stereocenters. The Morgan fingerprint density at radius 2 is 2.44 bits per heavy atom. The molecule has 1 aromatic rings. The van der Waals surface area contributed by atoms with Crippen molar-refractivity contribution in [3.63, 3.8) is 0 Å². The van der Waals surface area contributed by atoms with E-state index in [1.54, 1.807) is 6.07 Å². The van der Waals surface area contributed by atoms with Crippen LogP contribution in [-0.4, -0.2) is 0 Å². The molecule has 0 spiro atoms. The smallest absolute Gasteiger partial charge is 0.176 e. The minimum Gasteiger partial charge on any atom is -0.452 e. The van der Waals surface area contributed by atoms with Crippen LogP contribution in [0.4, 0.5) is 0 Å². The highest BCUT2D eigenvalue weighted by Crippen LogP contribution is 2.09. The Balaban J connectivity index is 2.90. The zero-order chi connectivity index (χ0) is 6.69. The van der Waals surface area contributed by atoms with Gasteiger partial charge in [-0.05, 0) is 18.1 Å². The molecular formula is C7H5IO. The Kier molecular flexibility index (Phi) is 2.17. The first kappa shape index (κ1) is 6.69.